The van der Waals surface area contributed by atoms with E-state index in [1.54, 1.807) is 0 Å². The lowest BCUT2D eigenvalue weighted by Gasteiger charge is -2.12. The van der Waals surface area contributed by atoms with E-state index in [0.29, 0.717) is 0 Å². The number of nitrogens with one attached hydrogen (secondary N) is 1. The zero-order chi connectivity index (χ0) is 14.3. The Balaban J connectivity index is 2.11. The Morgan fingerprint density at radius 1 is 1.11 bits per heavy atom. The van der Waals surface area contributed by atoms with Gasteiger partial charge in [0.15, 0.2) is 0 Å². The smallest absolute Gasteiger partial charge is 0.202 e. The SMILES string of the molecule is CC(C)CCCCCCNc1nc(C(C)(C)C)ns1. The standard InChI is InChI=1S/C15H29N3S/c1-12(2)10-8-6-7-9-11-16-14-17-13(18-19-14)15(3,4)5/h12H,6-11H2,1-5H3,(H,16,17,18). The van der Waals surface area contributed by atoms with E-state index in [0.717, 1.165) is 23.4 Å². The largest absolute Gasteiger partial charge is 0.360 e. The molecule has 0 amide bonds. The van der Waals surface area contributed by atoms with E-state index in [1.165, 1.54) is 43.6 Å². The summed E-state index contributed by atoms with van der Waals surface area (Å²) < 4.78 is 4.40. The van der Waals surface area contributed by atoms with Crippen LogP contribution in [0, 0.1) is 5.92 Å². The van der Waals surface area contributed by atoms with Gasteiger partial charge in [-0.1, -0.05) is 60.3 Å². The number of rotatable bonds is 8. The van der Waals surface area contributed by atoms with E-state index < -0.39 is 0 Å². The maximum atomic E-state index is 4.53. The molecule has 4 heteroatoms. The van der Waals surface area contributed by atoms with Crippen molar-refractivity contribution in [3.05, 3.63) is 5.82 Å². The normalized spacial score (nSPS) is 12.1. The summed E-state index contributed by atoms with van der Waals surface area (Å²) in [6, 6.07) is 0. The van der Waals surface area contributed by atoms with Crippen molar-refractivity contribution in [2.24, 2.45) is 5.92 Å². The van der Waals surface area contributed by atoms with Crippen molar-refractivity contribution in [3.8, 4) is 0 Å². The molecule has 0 saturated heterocycles. The van der Waals surface area contributed by atoms with Crippen LogP contribution >= 0.6 is 11.5 Å². The minimum atomic E-state index is 0.0489. The molecule has 3 nitrogen and oxygen atoms in total. The second-order valence-corrected chi connectivity index (χ2v) is 7.45. The third-order valence-electron chi connectivity index (χ3n) is 3.08. The monoisotopic (exact) mass is 283 g/mol. The third-order valence-corrected chi connectivity index (χ3v) is 3.75. The van der Waals surface area contributed by atoms with Crippen LogP contribution in [0.3, 0.4) is 0 Å². The van der Waals surface area contributed by atoms with Gasteiger partial charge in [0.05, 0.1) is 0 Å². The van der Waals surface area contributed by atoms with Crippen molar-refractivity contribution in [2.75, 3.05) is 11.9 Å². The highest BCUT2D eigenvalue weighted by Gasteiger charge is 2.19. The Kier molecular flexibility index (Phi) is 6.76. The fourth-order valence-electron chi connectivity index (χ4n) is 1.83. The van der Waals surface area contributed by atoms with Crippen molar-refractivity contribution in [2.45, 2.75) is 72.1 Å². The van der Waals surface area contributed by atoms with Crippen LogP contribution in [0.2, 0.25) is 0 Å². The second-order valence-electron chi connectivity index (χ2n) is 6.70. The third kappa shape index (κ3) is 6.90. The molecule has 0 aliphatic heterocycles. The molecular formula is C15H29N3S. The van der Waals surface area contributed by atoms with Gasteiger partial charge in [0, 0.05) is 23.5 Å². The van der Waals surface area contributed by atoms with Crippen LogP contribution < -0.4 is 5.32 Å². The predicted octanol–water partition coefficient (Wildman–Crippen LogP) is 4.85. The van der Waals surface area contributed by atoms with Crippen molar-refractivity contribution >= 4 is 16.7 Å². The highest BCUT2D eigenvalue weighted by molar-refractivity contribution is 7.09. The molecule has 1 aromatic heterocycles. The molecule has 19 heavy (non-hydrogen) atoms. The Morgan fingerprint density at radius 3 is 2.37 bits per heavy atom. The van der Waals surface area contributed by atoms with Gasteiger partial charge in [0.2, 0.25) is 5.13 Å². The van der Waals surface area contributed by atoms with E-state index >= 15 is 0 Å². The molecule has 110 valence electrons. The van der Waals surface area contributed by atoms with Crippen molar-refractivity contribution in [3.63, 3.8) is 0 Å². The molecule has 0 radical (unpaired) electrons. The first-order chi connectivity index (χ1) is 8.89. The lowest BCUT2D eigenvalue weighted by molar-refractivity contribution is 0.523. The highest BCUT2D eigenvalue weighted by atomic mass is 32.1. The van der Waals surface area contributed by atoms with Gasteiger partial charge in [-0.3, -0.25) is 0 Å². The summed E-state index contributed by atoms with van der Waals surface area (Å²) in [4.78, 5) is 4.53. The molecular weight excluding hydrogens is 254 g/mol. The van der Waals surface area contributed by atoms with Crippen LogP contribution in [-0.4, -0.2) is 15.9 Å². The molecule has 0 atom stereocenters. The number of unbranched alkanes of at least 4 members (excludes halogenated alkanes) is 3. The summed E-state index contributed by atoms with van der Waals surface area (Å²) in [7, 11) is 0. The molecule has 0 aliphatic carbocycles. The van der Waals surface area contributed by atoms with E-state index in [-0.39, 0.29) is 5.41 Å². The van der Waals surface area contributed by atoms with Crippen LogP contribution in [0.1, 0.15) is 72.5 Å². The van der Waals surface area contributed by atoms with Gasteiger partial charge in [-0.2, -0.15) is 4.37 Å². The van der Waals surface area contributed by atoms with Gasteiger partial charge in [-0.05, 0) is 12.3 Å². The van der Waals surface area contributed by atoms with Crippen LogP contribution in [0.5, 0.6) is 0 Å². The number of hydrogen-bond acceptors (Lipinski definition) is 4. The van der Waals surface area contributed by atoms with Crippen molar-refractivity contribution in [1.29, 1.82) is 0 Å². The van der Waals surface area contributed by atoms with E-state index in [1.807, 2.05) is 0 Å². The maximum Gasteiger partial charge on any atom is 0.202 e. The summed E-state index contributed by atoms with van der Waals surface area (Å²) in [5.41, 5.74) is 0.0489. The van der Waals surface area contributed by atoms with E-state index in [2.05, 4.69) is 49.3 Å². The van der Waals surface area contributed by atoms with Crippen molar-refractivity contribution in [1.82, 2.24) is 9.36 Å². The molecule has 1 heterocycles. The molecule has 0 aliphatic rings. The lowest BCUT2D eigenvalue weighted by atomic mass is 9.96. The first-order valence-electron chi connectivity index (χ1n) is 7.47. The quantitative estimate of drug-likeness (QED) is 0.693. The van der Waals surface area contributed by atoms with Gasteiger partial charge in [0.1, 0.15) is 5.82 Å². The average molecular weight is 283 g/mol. The Bertz CT molecular complexity index is 353. The summed E-state index contributed by atoms with van der Waals surface area (Å²) in [5.74, 6) is 1.78. The molecule has 0 spiro atoms. The fourth-order valence-corrected chi connectivity index (χ4v) is 2.61. The molecule has 0 bridgehead atoms. The Morgan fingerprint density at radius 2 is 1.79 bits per heavy atom. The highest BCUT2D eigenvalue weighted by Crippen LogP contribution is 2.22. The number of hydrogen-bond donors (Lipinski definition) is 1. The molecule has 0 fully saturated rings. The van der Waals surface area contributed by atoms with Crippen LogP contribution in [0.15, 0.2) is 0 Å². The number of nitrogens with zero attached hydrogens (tertiary/aromatic N) is 2. The minimum Gasteiger partial charge on any atom is -0.360 e. The topological polar surface area (TPSA) is 37.8 Å². The molecule has 0 saturated carbocycles. The first-order valence-corrected chi connectivity index (χ1v) is 8.25. The zero-order valence-corrected chi connectivity index (χ0v) is 13.9. The van der Waals surface area contributed by atoms with Crippen LogP contribution in [0.25, 0.3) is 0 Å². The summed E-state index contributed by atoms with van der Waals surface area (Å²) in [5, 5.41) is 4.35. The lowest BCUT2D eigenvalue weighted by Crippen LogP contribution is -2.13. The summed E-state index contributed by atoms with van der Waals surface area (Å²) >= 11 is 1.48. The van der Waals surface area contributed by atoms with Gasteiger partial charge >= 0.3 is 0 Å². The van der Waals surface area contributed by atoms with Crippen LogP contribution in [-0.2, 0) is 5.41 Å². The fraction of sp³-hybridized carbons (Fsp3) is 0.867. The van der Waals surface area contributed by atoms with Gasteiger partial charge in [-0.15, -0.1) is 0 Å². The van der Waals surface area contributed by atoms with Crippen molar-refractivity contribution < 1.29 is 0 Å². The molecule has 1 rings (SSSR count). The predicted molar refractivity (Wildman–Crippen MR) is 85.0 cm³/mol. The number of anilines is 1. The van der Waals surface area contributed by atoms with Crippen LogP contribution in [0.4, 0.5) is 5.13 Å². The van der Waals surface area contributed by atoms with Gasteiger partial charge in [0.25, 0.3) is 0 Å². The zero-order valence-electron chi connectivity index (χ0n) is 13.1. The number of aromatic nitrogens is 2. The Hall–Kier alpha value is -0.640. The molecule has 1 N–H and O–H groups in total. The van der Waals surface area contributed by atoms with E-state index in [9.17, 15) is 0 Å². The van der Waals surface area contributed by atoms with Gasteiger partial charge < -0.3 is 5.32 Å². The van der Waals surface area contributed by atoms with Gasteiger partial charge in [-0.25, -0.2) is 4.98 Å². The molecule has 0 aromatic carbocycles. The summed E-state index contributed by atoms with van der Waals surface area (Å²) in [6.45, 7) is 12.0. The summed E-state index contributed by atoms with van der Waals surface area (Å²) in [6.07, 6.45) is 6.61. The first kappa shape index (κ1) is 16.4. The average Bonchev–Trinajstić information content (AvgIpc) is 2.75. The van der Waals surface area contributed by atoms with E-state index in [4.69, 9.17) is 0 Å². The minimum absolute atomic E-state index is 0.0489. The maximum absolute atomic E-state index is 4.53. The second kappa shape index (κ2) is 7.83. The molecule has 0 unspecified atom stereocenters. The Labute approximate surface area is 122 Å². The molecule has 1 aromatic rings.